The van der Waals surface area contributed by atoms with Crippen molar-refractivity contribution in [1.82, 2.24) is 4.90 Å². The molecule has 0 radical (unpaired) electrons. The average molecular weight is 584 g/mol. The van der Waals surface area contributed by atoms with Crippen LogP contribution in [0.4, 0.5) is 0 Å². The van der Waals surface area contributed by atoms with E-state index in [9.17, 15) is 19.5 Å². The standard InChI is InChI=1S/C31H53NO9/c1-13-23-30(7,36)15-17(2)24(33)18(3)16-31(8,38-12)27(20(5)25(34)21(6)28(35)40-23)41-29-26(37-11)22(32(9)10)14-19(4)39-29/h15,18-23,26-27,29,36H,13-14,16H2,1-12H3/b17-15+/t18-,19-,20+,21-,22?,23-,26?,27-,29+,30+,31-/m1/s1. The molecule has 10 heteroatoms. The number of carbonyl (C=O) groups excluding carboxylic acids is 3. The van der Waals surface area contributed by atoms with Gasteiger partial charge in [0, 0.05) is 32.1 Å². The van der Waals surface area contributed by atoms with Crippen LogP contribution in [0.5, 0.6) is 0 Å². The van der Waals surface area contributed by atoms with E-state index in [0.717, 1.165) is 6.42 Å². The summed E-state index contributed by atoms with van der Waals surface area (Å²) in [6, 6.07) is -0.00646. The zero-order valence-corrected chi connectivity index (χ0v) is 27.1. The Morgan fingerprint density at radius 2 is 1.71 bits per heavy atom. The molecule has 2 unspecified atom stereocenters. The Bertz CT molecular complexity index is 963. The minimum absolute atomic E-state index is 0.00646. The summed E-state index contributed by atoms with van der Waals surface area (Å²) in [5.74, 6) is -3.86. The lowest BCUT2D eigenvalue weighted by Crippen LogP contribution is -2.59. The topological polar surface area (TPSA) is 121 Å². The number of carbonyl (C=O) groups is 3. The molecule has 0 aromatic rings. The Kier molecular flexibility index (Phi) is 12.3. The number of hydrogen-bond donors (Lipinski definition) is 1. The van der Waals surface area contributed by atoms with Gasteiger partial charge in [-0.3, -0.25) is 14.4 Å². The first-order valence-corrected chi connectivity index (χ1v) is 14.7. The normalized spacial score (nSPS) is 43.3. The maximum atomic E-state index is 13.9. The molecule has 0 aliphatic carbocycles. The lowest BCUT2D eigenvalue weighted by atomic mass is 9.77. The predicted octanol–water partition coefficient (Wildman–Crippen LogP) is 3.33. The molecule has 1 fully saturated rings. The molecule has 0 spiro atoms. The Morgan fingerprint density at radius 3 is 2.22 bits per heavy atom. The summed E-state index contributed by atoms with van der Waals surface area (Å²) in [4.78, 5) is 42.7. The van der Waals surface area contributed by atoms with Crippen LogP contribution in [0.3, 0.4) is 0 Å². The number of likely N-dealkylation sites (N-methyl/N-ethyl adjacent to an activating group) is 1. The number of ketones is 2. The minimum Gasteiger partial charge on any atom is -0.458 e. The molecule has 236 valence electrons. The van der Waals surface area contributed by atoms with Gasteiger partial charge in [0.05, 0.1) is 17.8 Å². The quantitative estimate of drug-likeness (QED) is 0.368. The molecular weight excluding hydrogens is 530 g/mol. The molecule has 11 atom stereocenters. The molecule has 41 heavy (non-hydrogen) atoms. The van der Waals surface area contributed by atoms with Gasteiger partial charge in [-0.05, 0) is 79.6 Å². The lowest BCUT2D eigenvalue weighted by molar-refractivity contribution is -0.299. The summed E-state index contributed by atoms with van der Waals surface area (Å²) >= 11 is 0. The number of esters is 1. The van der Waals surface area contributed by atoms with Gasteiger partial charge in [0.25, 0.3) is 0 Å². The number of rotatable bonds is 6. The summed E-state index contributed by atoms with van der Waals surface area (Å²) in [5, 5.41) is 11.2. The van der Waals surface area contributed by atoms with E-state index in [0.29, 0.717) is 12.0 Å². The first-order valence-electron chi connectivity index (χ1n) is 14.7. The van der Waals surface area contributed by atoms with Gasteiger partial charge in [-0.15, -0.1) is 0 Å². The molecule has 0 amide bonds. The number of allylic oxidation sites excluding steroid dienone is 1. The smallest absolute Gasteiger partial charge is 0.316 e. The van der Waals surface area contributed by atoms with Crippen molar-refractivity contribution in [2.75, 3.05) is 28.3 Å². The van der Waals surface area contributed by atoms with Crippen LogP contribution in [0, 0.1) is 17.8 Å². The van der Waals surface area contributed by atoms with Crippen molar-refractivity contribution in [2.24, 2.45) is 17.8 Å². The molecule has 2 rings (SSSR count). The van der Waals surface area contributed by atoms with Crippen molar-refractivity contribution in [3.05, 3.63) is 11.6 Å². The molecule has 0 saturated carbocycles. The first kappa shape index (κ1) is 35.5. The predicted molar refractivity (Wildman–Crippen MR) is 154 cm³/mol. The van der Waals surface area contributed by atoms with Crippen LogP contribution in [0.2, 0.25) is 0 Å². The van der Waals surface area contributed by atoms with E-state index in [-0.39, 0.29) is 24.3 Å². The van der Waals surface area contributed by atoms with Crippen molar-refractivity contribution in [1.29, 1.82) is 0 Å². The highest BCUT2D eigenvalue weighted by Gasteiger charge is 2.50. The fourth-order valence-electron chi connectivity index (χ4n) is 6.36. The molecule has 2 aliphatic rings. The average Bonchev–Trinajstić information content (AvgIpc) is 2.91. The molecule has 0 aromatic carbocycles. The number of nitrogens with zero attached hydrogens (tertiary/aromatic N) is 1. The van der Waals surface area contributed by atoms with Crippen molar-refractivity contribution in [3.8, 4) is 0 Å². The van der Waals surface area contributed by atoms with E-state index in [4.69, 9.17) is 23.7 Å². The fourth-order valence-corrected chi connectivity index (χ4v) is 6.36. The molecule has 0 bridgehead atoms. The van der Waals surface area contributed by atoms with Gasteiger partial charge < -0.3 is 33.7 Å². The molecule has 0 aromatic heterocycles. The van der Waals surface area contributed by atoms with E-state index in [2.05, 4.69) is 4.90 Å². The van der Waals surface area contributed by atoms with Crippen LogP contribution in [0.25, 0.3) is 0 Å². The number of methoxy groups -OCH3 is 2. The second-order valence-electron chi connectivity index (χ2n) is 12.6. The van der Waals surface area contributed by atoms with Crippen LogP contribution in [0.1, 0.15) is 74.7 Å². The monoisotopic (exact) mass is 583 g/mol. The van der Waals surface area contributed by atoms with Gasteiger partial charge in [-0.1, -0.05) is 20.8 Å². The summed E-state index contributed by atoms with van der Waals surface area (Å²) in [6.45, 7) is 13.7. The summed E-state index contributed by atoms with van der Waals surface area (Å²) in [7, 11) is 7.05. The van der Waals surface area contributed by atoms with Crippen LogP contribution in [0.15, 0.2) is 11.6 Å². The number of hydrogen-bond acceptors (Lipinski definition) is 10. The minimum atomic E-state index is -1.61. The molecule has 2 aliphatic heterocycles. The Labute approximate surface area is 246 Å². The van der Waals surface area contributed by atoms with E-state index in [1.807, 2.05) is 21.0 Å². The third-order valence-electron chi connectivity index (χ3n) is 8.89. The Hall–Kier alpha value is -1.69. The largest absolute Gasteiger partial charge is 0.458 e. The van der Waals surface area contributed by atoms with Crippen LogP contribution in [-0.4, -0.2) is 104 Å². The highest BCUT2D eigenvalue weighted by atomic mass is 16.7. The summed E-state index contributed by atoms with van der Waals surface area (Å²) in [5.41, 5.74) is -2.39. The zero-order chi connectivity index (χ0) is 31.4. The van der Waals surface area contributed by atoms with E-state index < -0.39 is 65.3 Å². The van der Waals surface area contributed by atoms with Crippen molar-refractivity contribution >= 4 is 17.5 Å². The highest BCUT2D eigenvalue weighted by Crippen LogP contribution is 2.37. The summed E-state index contributed by atoms with van der Waals surface area (Å²) < 4.78 is 30.5. The Balaban J connectivity index is 2.64. The number of cyclic esters (lactones) is 1. The second kappa shape index (κ2) is 14.2. The van der Waals surface area contributed by atoms with E-state index in [1.54, 1.807) is 41.7 Å². The van der Waals surface area contributed by atoms with Gasteiger partial charge >= 0.3 is 5.97 Å². The van der Waals surface area contributed by atoms with Gasteiger partial charge in [-0.25, -0.2) is 0 Å². The van der Waals surface area contributed by atoms with Crippen molar-refractivity contribution in [3.63, 3.8) is 0 Å². The van der Waals surface area contributed by atoms with E-state index in [1.165, 1.54) is 27.0 Å². The van der Waals surface area contributed by atoms with Gasteiger partial charge in [0.2, 0.25) is 0 Å². The van der Waals surface area contributed by atoms with Gasteiger partial charge in [0.1, 0.15) is 23.7 Å². The Morgan fingerprint density at radius 1 is 1.10 bits per heavy atom. The van der Waals surface area contributed by atoms with Crippen LogP contribution >= 0.6 is 0 Å². The molecule has 1 N–H and O–H groups in total. The van der Waals surface area contributed by atoms with Gasteiger partial charge in [-0.2, -0.15) is 0 Å². The van der Waals surface area contributed by atoms with Crippen LogP contribution in [-0.2, 0) is 38.1 Å². The maximum Gasteiger partial charge on any atom is 0.316 e. The SMILES string of the molecule is CC[C@H]1OC(=O)[C@H](C)C(=O)[C@H](C)[C@@H](O[C@@H]2O[C@H](C)CC(N(C)C)C2OC)[C@](C)(OC)C[C@@H](C)C(=O)/C(C)=C/[C@]1(C)O. The van der Waals surface area contributed by atoms with Crippen molar-refractivity contribution < 1.29 is 43.2 Å². The number of ether oxygens (including phenoxy) is 5. The van der Waals surface area contributed by atoms with E-state index >= 15 is 0 Å². The van der Waals surface area contributed by atoms with Crippen molar-refractivity contribution in [2.45, 2.75) is 123 Å². The molecular formula is C31H53NO9. The lowest BCUT2D eigenvalue weighted by Gasteiger charge is -2.47. The number of Topliss-reactive ketones (excluding diaryl/α,β-unsaturated/α-hetero) is 2. The van der Waals surface area contributed by atoms with Crippen LogP contribution < -0.4 is 0 Å². The molecule has 10 nitrogen and oxygen atoms in total. The third kappa shape index (κ3) is 8.03. The summed E-state index contributed by atoms with van der Waals surface area (Å²) in [6.07, 6.45) is -0.611. The highest BCUT2D eigenvalue weighted by molar-refractivity contribution is 6.00. The first-order chi connectivity index (χ1) is 18.9. The van der Waals surface area contributed by atoms with Gasteiger partial charge in [0.15, 0.2) is 17.9 Å². The fraction of sp³-hybridized carbons (Fsp3) is 0.839. The second-order valence-corrected chi connectivity index (χ2v) is 12.6. The molecule has 2 heterocycles. The third-order valence-corrected chi connectivity index (χ3v) is 8.89. The molecule has 1 saturated heterocycles. The zero-order valence-electron chi connectivity index (χ0n) is 27.1. The maximum absolute atomic E-state index is 13.9. The number of aliphatic hydroxyl groups is 1.